The molecule has 0 aliphatic rings. The van der Waals surface area contributed by atoms with Crippen molar-refractivity contribution in [3.05, 3.63) is 0 Å². The van der Waals surface area contributed by atoms with Gasteiger partial charge >= 0.3 is 0 Å². The molecule has 2 nitrogen and oxygen atoms in total. The van der Waals surface area contributed by atoms with E-state index in [1.807, 2.05) is 0 Å². The van der Waals surface area contributed by atoms with E-state index in [0.717, 1.165) is 25.6 Å². The van der Waals surface area contributed by atoms with Gasteiger partial charge in [0.2, 0.25) is 0 Å². The van der Waals surface area contributed by atoms with Crippen molar-refractivity contribution in [2.75, 3.05) is 33.4 Å². The third kappa shape index (κ3) is 8.52. The average molecular weight is 201 g/mol. The Morgan fingerprint density at radius 3 is 2.36 bits per heavy atom. The van der Waals surface area contributed by atoms with Crippen molar-refractivity contribution in [1.82, 2.24) is 4.90 Å². The van der Waals surface area contributed by atoms with Crippen molar-refractivity contribution in [2.45, 2.75) is 40.0 Å². The molecule has 0 fully saturated rings. The number of hydrogen-bond donors (Lipinski definition) is 0. The number of ether oxygens (including phenoxy) is 1. The Balaban J connectivity index is 3.33. The number of methoxy groups -OCH3 is 1. The molecule has 0 radical (unpaired) electrons. The normalized spacial score (nSPS) is 11.6. The molecule has 0 saturated carbocycles. The Bertz CT molecular complexity index is 115. The summed E-state index contributed by atoms with van der Waals surface area (Å²) in [4.78, 5) is 2.46. The molecule has 0 aromatic heterocycles. The molecular formula is C12H27NO. The second-order valence-corrected chi connectivity index (χ2v) is 4.32. The minimum atomic E-state index is 0.851. The molecule has 0 rings (SSSR count). The second kappa shape index (κ2) is 9.47. The largest absolute Gasteiger partial charge is 0.383 e. The van der Waals surface area contributed by atoms with E-state index in [1.165, 1.54) is 25.8 Å². The van der Waals surface area contributed by atoms with Gasteiger partial charge in [0, 0.05) is 13.7 Å². The Morgan fingerprint density at radius 2 is 1.86 bits per heavy atom. The van der Waals surface area contributed by atoms with Crippen LogP contribution in [0.5, 0.6) is 0 Å². The summed E-state index contributed by atoms with van der Waals surface area (Å²) in [6.45, 7) is 11.1. The molecule has 86 valence electrons. The van der Waals surface area contributed by atoms with E-state index in [9.17, 15) is 0 Å². The summed E-state index contributed by atoms with van der Waals surface area (Å²) in [7, 11) is 1.77. The van der Waals surface area contributed by atoms with Gasteiger partial charge in [0.1, 0.15) is 0 Å². The van der Waals surface area contributed by atoms with E-state index in [4.69, 9.17) is 4.74 Å². The second-order valence-electron chi connectivity index (χ2n) is 4.32. The van der Waals surface area contributed by atoms with Gasteiger partial charge in [-0.2, -0.15) is 0 Å². The van der Waals surface area contributed by atoms with Gasteiger partial charge in [-0.3, -0.25) is 0 Å². The molecule has 0 aromatic rings. The number of likely N-dealkylation sites (N-methyl/N-ethyl adjacent to an activating group) is 1. The molecule has 0 atom stereocenters. The molecule has 0 spiro atoms. The minimum Gasteiger partial charge on any atom is -0.383 e. The molecule has 0 amide bonds. The fourth-order valence-corrected chi connectivity index (χ4v) is 1.54. The molecule has 0 unspecified atom stereocenters. The first-order chi connectivity index (χ1) is 6.70. The molecule has 0 N–H and O–H groups in total. The van der Waals surface area contributed by atoms with Crippen LogP contribution in [0.15, 0.2) is 0 Å². The maximum Gasteiger partial charge on any atom is 0.0589 e. The van der Waals surface area contributed by atoms with Crippen molar-refractivity contribution < 1.29 is 4.74 Å². The van der Waals surface area contributed by atoms with Gasteiger partial charge in [0.05, 0.1) is 6.61 Å². The maximum atomic E-state index is 5.08. The van der Waals surface area contributed by atoms with E-state index in [0.29, 0.717) is 0 Å². The fourth-order valence-electron chi connectivity index (χ4n) is 1.54. The van der Waals surface area contributed by atoms with Gasteiger partial charge in [-0.05, 0) is 25.4 Å². The van der Waals surface area contributed by atoms with E-state index >= 15 is 0 Å². The van der Waals surface area contributed by atoms with Crippen molar-refractivity contribution in [3.8, 4) is 0 Å². The third-order valence-electron chi connectivity index (χ3n) is 2.56. The summed E-state index contributed by atoms with van der Waals surface area (Å²) in [5.74, 6) is 0.851. The highest BCUT2D eigenvalue weighted by Gasteiger charge is 2.01. The zero-order valence-corrected chi connectivity index (χ0v) is 10.4. The predicted molar refractivity (Wildman–Crippen MR) is 62.7 cm³/mol. The number of rotatable bonds is 9. The van der Waals surface area contributed by atoms with Gasteiger partial charge in [0.15, 0.2) is 0 Å². The molecule has 14 heavy (non-hydrogen) atoms. The fraction of sp³-hybridized carbons (Fsp3) is 1.00. The highest BCUT2D eigenvalue weighted by Crippen LogP contribution is 2.06. The predicted octanol–water partition coefficient (Wildman–Crippen LogP) is 2.78. The first kappa shape index (κ1) is 13.9. The van der Waals surface area contributed by atoms with Crippen LogP contribution in [0.2, 0.25) is 0 Å². The quantitative estimate of drug-likeness (QED) is 0.532. The van der Waals surface area contributed by atoms with Crippen LogP contribution in [0.4, 0.5) is 0 Å². The van der Waals surface area contributed by atoms with Gasteiger partial charge in [-0.15, -0.1) is 0 Å². The molecular weight excluding hydrogens is 174 g/mol. The molecule has 0 bridgehead atoms. The van der Waals surface area contributed by atoms with Gasteiger partial charge in [-0.25, -0.2) is 0 Å². The summed E-state index contributed by atoms with van der Waals surface area (Å²) in [6.07, 6.45) is 4.05. The lowest BCUT2D eigenvalue weighted by atomic mass is 10.1. The molecule has 0 aromatic carbocycles. The number of hydrogen-bond acceptors (Lipinski definition) is 2. The smallest absolute Gasteiger partial charge is 0.0589 e. The first-order valence-corrected chi connectivity index (χ1v) is 5.92. The summed E-state index contributed by atoms with van der Waals surface area (Å²) < 4.78 is 5.08. The zero-order chi connectivity index (χ0) is 10.8. The third-order valence-corrected chi connectivity index (χ3v) is 2.56. The Hall–Kier alpha value is -0.0800. The van der Waals surface area contributed by atoms with E-state index in [-0.39, 0.29) is 0 Å². The van der Waals surface area contributed by atoms with Crippen LogP contribution in [0.3, 0.4) is 0 Å². The Morgan fingerprint density at radius 1 is 1.14 bits per heavy atom. The lowest BCUT2D eigenvalue weighted by Crippen LogP contribution is -2.28. The Labute approximate surface area is 89.6 Å². The van der Waals surface area contributed by atoms with Crippen LogP contribution in [0.1, 0.15) is 40.0 Å². The summed E-state index contributed by atoms with van der Waals surface area (Å²) >= 11 is 0. The zero-order valence-electron chi connectivity index (χ0n) is 10.4. The first-order valence-electron chi connectivity index (χ1n) is 5.92. The summed E-state index contributed by atoms with van der Waals surface area (Å²) in [6, 6.07) is 0. The standard InChI is InChI=1S/C12H27NO/c1-5-13(10-11-14-4)9-7-6-8-12(2)3/h12H,5-11H2,1-4H3. The summed E-state index contributed by atoms with van der Waals surface area (Å²) in [5.41, 5.74) is 0. The Kier molecular flexibility index (Phi) is 9.42. The van der Waals surface area contributed by atoms with Crippen molar-refractivity contribution in [2.24, 2.45) is 5.92 Å². The number of nitrogens with zero attached hydrogens (tertiary/aromatic N) is 1. The van der Waals surface area contributed by atoms with Gasteiger partial charge in [-0.1, -0.05) is 33.6 Å². The van der Waals surface area contributed by atoms with Crippen LogP contribution >= 0.6 is 0 Å². The molecule has 0 heterocycles. The molecule has 2 heteroatoms. The SMILES string of the molecule is CCN(CCCCC(C)C)CCOC. The lowest BCUT2D eigenvalue weighted by molar-refractivity contribution is 0.149. The topological polar surface area (TPSA) is 12.5 Å². The van der Waals surface area contributed by atoms with Crippen LogP contribution in [0.25, 0.3) is 0 Å². The minimum absolute atomic E-state index is 0.851. The van der Waals surface area contributed by atoms with Crippen molar-refractivity contribution in [3.63, 3.8) is 0 Å². The molecule has 0 saturated heterocycles. The van der Waals surface area contributed by atoms with E-state index in [2.05, 4.69) is 25.7 Å². The monoisotopic (exact) mass is 201 g/mol. The maximum absolute atomic E-state index is 5.08. The summed E-state index contributed by atoms with van der Waals surface area (Å²) in [5, 5.41) is 0. The van der Waals surface area contributed by atoms with Crippen LogP contribution in [-0.4, -0.2) is 38.3 Å². The van der Waals surface area contributed by atoms with Crippen LogP contribution in [-0.2, 0) is 4.74 Å². The van der Waals surface area contributed by atoms with Gasteiger partial charge < -0.3 is 9.64 Å². The van der Waals surface area contributed by atoms with E-state index in [1.54, 1.807) is 7.11 Å². The van der Waals surface area contributed by atoms with E-state index < -0.39 is 0 Å². The van der Waals surface area contributed by atoms with Crippen molar-refractivity contribution in [1.29, 1.82) is 0 Å². The van der Waals surface area contributed by atoms with Crippen LogP contribution < -0.4 is 0 Å². The van der Waals surface area contributed by atoms with Gasteiger partial charge in [0.25, 0.3) is 0 Å². The van der Waals surface area contributed by atoms with Crippen molar-refractivity contribution >= 4 is 0 Å². The average Bonchev–Trinajstić information content (AvgIpc) is 2.16. The molecule has 0 aliphatic heterocycles. The highest BCUT2D eigenvalue weighted by molar-refractivity contribution is 4.56. The lowest BCUT2D eigenvalue weighted by Gasteiger charge is -2.19. The van der Waals surface area contributed by atoms with Crippen LogP contribution in [0, 0.1) is 5.92 Å². The highest BCUT2D eigenvalue weighted by atomic mass is 16.5. The number of unbranched alkanes of at least 4 members (excludes halogenated alkanes) is 1. The molecule has 0 aliphatic carbocycles.